The van der Waals surface area contributed by atoms with Crippen LogP contribution in [0.15, 0.2) is 53.4 Å². The van der Waals surface area contributed by atoms with Crippen LogP contribution in [0.25, 0.3) is 0 Å². The zero-order valence-corrected chi connectivity index (χ0v) is 15.3. The summed E-state index contributed by atoms with van der Waals surface area (Å²) in [6.07, 6.45) is 4.64. The lowest BCUT2D eigenvalue weighted by molar-refractivity contribution is 0.351. The van der Waals surface area contributed by atoms with Crippen molar-refractivity contribution in [2.24, 2.45) is 0 Å². The molecular weight excluding hydrogens is 316 g/mol. The highest BCUT2D eigenvalue weighted by atomic mass is 32.2. The van der Waals surface area contributed by atoms with E-state index < -0.39 is 0 Å². The molecule has 0 radical (unpaired) electrons. The van der Waals surface area contributed by atoms with Crippen molar-refractivity contribution in [1.29, 1.82) is 0 Å². The van der Waals surface area contributed by atoms with Crippen molar-refractivity contribution in [2.75, 3.05) is 11.4 Å². The molecule has 24 heavy (non-hydrogen) atoms. The summed E-state index contributed by atoms with van der Waals surface area (Å²) < 4.78 is 3.73. The summed E-state index contributed by atoms with van der Waals surface area (Å²) in [6, 6.07) is 16.2. The zero-order valence-electron chi connectivity index (χ0n) is 14.5. The lowest BCUT2D eigenvalue weighted by Gasteiger charge is -2.37. The third kappa shape index (κ3) is 3.55. The number of unbranched alkanes of at least 4 members (excludes halogenated alkanes) is 1. The summed E-state index contributed by atoms with van der Waals surface area (Å²) in [4.78, 5) is 3.46. The summed E-state index contributed by atoms with van der Waals surface area (Å²) in [5.41, 5.74) is 2.41. The third-order valence-electron chi connectivity index (χ3n) is 4.83. The molecule has 1 heterocycles. The van der Waals surface area contributed by atoms with E-state index in [0.717, 1.165) is 30.0 Å². The van der Waals surface area contributed by atoms with Crippen LogP contribution in [-0.4, -0.2) is 17.2 Å². The van der Waals surface area contributed by atoms with Crippen LogP contribution in [0.1, 0.15) is 39.5 Å². The van der Waals surface area contributed by atoms with E-state index in [1.807, 2.05) is 12.1 Å². The van der Waals surface area contributed by atoms with E-state index in [4.69, 9.17) is 0 Å². The van der Waals surface area contributed by atoms with Crippen molar-refractivity contribution < 1.29 is 5.11 Å². The van der Waals surface area contributed by atoms with Crippen molar-refractivity contribution in [1.82, 2.24) is 4.72 Å². The molecular formula is C20H26N2OS. The zero-order chi connectivity index (χ0) is 17.0. The molecule has 2 N–H and O–H groups in total. The minimum atomic E-state index is 0.0607. The molecule has 0 spiro atoms. The van der Waals surface area contributed by atoms with Gasteiger partial charge in [0.25, 0.3) is 0 Å². The number of phenols is 1. The van der Waals surface area contributed by atoms with Gasteiger partial charge in [0, 0.05) is 17.8 Å². The second kappa shape index (κ2) is 7.49. The molecule has 0 amide bonds. The first kappa shape index (κ1) is 17.2. The van der Waals surface area contributed by atoms with Gasteiger partial charge in [-0.05, 0) is 55.1 Å². The quantitative estimate of drug-likeness (QED) is 0.705. The molecule has 0 aromatic heterocycles. The Morgan fingerprint density at radius 3 is 2.67 bits per heavy atom. The van der Waals surface area contributed by atoms with E-state index in [0.29, 0.717) is 5.75 Å². The van der Waals surface area contributed by atoms with Gasteiger partial charge in [-0.25, -0.2) is 0 Å². The number of anilines is 2. The first-order chi connectivity index (χ1) is 11.7. The van der Waals surface area contributed by atoms with Gasteiger partial charge in [0.2, 0.25) is 0 Å². The van der Waals surface area contributed by atoms with E-state index in [2.05, 4.69) is 53.8 Å². The number of para-hydroxylation sites is 1. The van der Waals surface area contributed by atoms with Crippen LogP contribution in [0.5, 0.6) is 5.75 Å². The summed E-state index contributed by atoms with van der Waals surface area (Å²) >= 11 is 1.65. The van der Waals surface area contributed by atoms with Crippen LogP contribution in [0, 0.1) is 0 Å². The van der Waals surface area contributed by atoms with Crippen LogP contribution in [-0.2, 0) is 0 Å². The van der Waals surface area contributed by atoms with Crippen molar-refractivity contribution in [2.45, 2.75) is 50.0 Å². The fourth-order valence-electron chi connectivity index (χ4n) is 3.24. The highest BCUT2D eigenvalue weighted by Gasteiger charge is 2.34. The summed E-state index contributed by atoms with van der Waals surface area (Å²) in [5.74, 6) is 0.314. The van der Waals surface area contributed by atoms with E-state index in [1.165, 1.54) is 18.5 Å². The van der Waals surface area contributed by atoms with Gasteiger partial charge in [-0.2, -0.15) is 0 Å². The van der Waals surface area contributed by atoms with Gasteiger partial charge in [0.15, 0.2) is 0 Å². The fraction of sp³-hybridized carbons (Fsp3) is 0.400. The predicted octanol–water partition coefficient (Wildman–Crippen LogP) is 5.48. The van der Waals surface area contributed by atoms with Crippen LogP contribution in [0.2, 0.25) is 0 Å². The second-order valence-electron chi connectivity index (χ2n) is 6.52. The number of nitrogens with zero attached hydrogens (tertiary/aromatic N) is 1. The molecule has 2 aromatic rings. The number of phenolic OH excluding ortho intramolecular Hbond substituents is 1. The van der Waals surface area contributed by atoms with Crippen LogP contribution in [0.4, 0.5) is 11.4 Å². The van der Waals surface area contributed by atoms with Crippen LogP contribution < -0.4 is 9.62 Å². The topological polar surface area (TPSA) is 35.5 Å². The number of hydrogen-bond acceptors (Lipinski definition) is 4. The molecule has 1 unspecified atom stereocenters. The molecule has 0 saturated heterocycles. The highest BCUT2D eigenvalue weighted by molar-refractivity contribution is 7.97. The number of aromatic hydroxyl groups is 1. The van der Waals surface area contributed by atoms with Gasteiger partial charge >= 0.3 is 0 Å². The molecule has 0 aliphatic carbocycles. The maximum Gasteiger partial charge on any atom is 0.116 e. The minimum Gasteiger partial charge on any atom is -0.508 e. The Kier molecular flexibility index (Phi) is 5.36. The largest absolute Gasteiger partial charge is 0.508 e. The second-order valence-corrected chi connectivity index (χ2v) is 7.36. The lowest BCUT2D eigenvalue weighted by Crippen LogP contribution is -2.48. The first-order valence-electron chi connectivity index (χ1n) is 8.77. The fourth-order valence-corrected chi connectivity index (χ4v) is 4.34. The molecule has 0 saturated carbocycles. The summed E-state index contributed by atoms with van der Waals surface area (Å²) in [6.45, 7) is 5.44. The molecule has 3 nitrogen and oxygen atoms in total. The van der Waals surface area contributed by atoms with E-state index in [-0.39, 0.29) is 5.54 Å². The monoisotopic (exact) mass is 342 g/mol. The SMILES string of the molecule is CCCCC1(CC)CN(c2ccccc2)c2ccc(O)cc2SN1. The van der Waals surface area contributed by atoms with Gasteiger partial charge in [-0.15, -0.1) is 0 Å². The van der Waals surface area contributed by atoms with Crippen molar-refractivity contribution in [3.63, 3.8) is 0 Å². The normalized spacial score (nSPS) is 20.5. The van der Waals surface area contributed by atoms with Crippen LogP contribution >= 0.6 is 11.9 Å². The summed E-state index contributed by atoms with van der Waals surface area (Å²) in [7, 11) is 0. The molecule has 128 valence electrons. The first-order valence-corrected chi connectivity index (χ1v) is 9.59. The molecule has 0 fully saturated rings. The van der Waals surface area contributed by atoms with Crippen molar-refractivity contribution >= 4 is 23.3 Å². The number of hydrogen-bond donors (Lipinski definition) is 2. The molecule has 1 atom stereocenters. The Hall–Kier alpha value is -1.65. The molecule has 3 rings (SSSR count). The van der Waals surface area contributed by atoms with E-state index in [9.17, 15) is 5.11 Å². The van der Waals surface area contributed by atoms with Gasteiger partial charge in [-0.3, -0.25) is 4.72 Å². The van der Waals surface area contributed by atoms with Crippen molar-refractivity contribution in [3.05, 3.63) is 48.5 Å². The summed E-state index contributed by atoms with van der Waals surface area (Å²) in [5, 5.41) is 9.91. The Morgan fingerprint density at radius 2 is 1.96 bits per heavy atom. The van der Waals surface area contributed by atoms with Gasteiger partial charge in [0.05, 0.1) is 10.6 Å². The van der Waals surface area contributed by atoms with Gasteiger partial charge in [0.1, 0.15) is 5.75 Å². The minimum absolute atomic E-state index is 0.0607. The average Bonchev–Trinajstić information content (AvgIpc) is 2.78. The van der Waals surface area contributed by atoms with E-state index in [1.54, 1.807) is 18.0 Å². The van der Waals surface area contributed by atoms with Gasteiger partial charge < -0.3 is 10.0 Å². The van der Waals surface area contributed by atoms with Crippen LogP contribution in [0.3, 0.4) is 0 Å². The number of rotatable bonds is 5. The Morgan fingerprint density at radius 1 is 1.17 bits per heavy atom. The highest BCUT2D eigenvalue weighted by Crippen LogP contribution is 2.42. The number of nitrogens with one attached hydrogen (secondary N) is 1. The number of fused-ring (bicyclic) bond motifs is 1. The molecule has 1 aliphatic heterocycles. The molecule has 0 bridgehead atoms. The number of benzene rings is 2. The predicted molar refractivity (Wildman–Crippen MR) is 103 cm³/mol. The average molecular weight is 343 g/mol. The Labute approximate surface area is 149 Å². The third-order valence-corrected chi connectivity index (χ3v) is 5.91. The maximum absolute atomic E-state index is 9.91. The Balaban J connectivity index is 2.04. The Bertz CT molecular complexity index is 677. The smallest absolute Gasteiger partial charge is 0.116 e. The molecule has 4 heteroatoms. The van der Waals surface area contributed by atoms with Crippen molar-refractivity contribution in [3.8, 4) is 5.75 Å². The van der Waals surface area contributed by atoms with E-state index >= 15 is 0 Å². The van der Waals surface area contributed by atoms with Gasteiger partial charge in [-0.1, -0.05) is 44.9 Å². The standard InChI is InChI=1S/C20H26N2OS/c1-3-5-13-20(4-2)15-22(16-9-7-6-8-10-16)18-12-11-17(23)14-19(18)24-21-20/h6-12,14,21,23H,3-5,13,15H2,1-2H3. The molecule has 2 aromatic carbocycles. The maximum atomic E-state index is 9.91. The lowest BCUT2D eigenvalue weighted by atomic mass is 9.90. The molecule has 1 aliphatic rings.